The minimum atomic E-state index is -0.584. The van der Waals surface area contributed by atoms with Crippen LogP contribution in [0.4, 0.5) is 5.69 Å². The van der Waals surface area contributed by atoms with Crippen molar-refractivity contribution in [3.8, 4) is 11.5 Å². The van der Waals surface area contributed by atoms with E-state index in [1.165, 1.54) is 14.2 Å². The van der Waals surface area contributed by atoms with E-state index in [1.807, 2.05) is 0 Å². The Hall–Kier alpha value is -2.73. The molecule has 1 saturated heterocycles. The summed E-state index contributed by atoms with van der Waals surface area (Å²) in [7, 11) is 3.06. The molecular weight excluding hydrogens is 368 g/mol. The zero-order valence-electron chi connectivity index (χ0n) is 15.4. The number of methoxy groups -OCH3 is 2. The van der Waals surface area contributed by atoms with Crippen molar-refractivity contribution in [2.45, 2.75) is 13.0 Å². The van der Waals surface area contributed by atoms with Crippen LogP contribution in [-0.2, 0) is 4.79 Å². The number of piperazine rings is 1. The summed E-state index contributed by atoms with van der Waals surface area (Å²) >= 11 is 5.92. The van der Waals surface area contributed by atoms with E-state index < -0.39 is 6.04 Å². The second-order valence-corrected chi connectivity index (χ2v) is 6.68. The van der Waals surface area contributed by atoms with Gasteiger partial charge in [0, 0.05) is 35.4 Å². The highest BCUT2D eigenvalue weighted by Gasteiger charge is 2.35. The third kappa shape index (κ3) is 3.85. The molecule has 1 aliphatic rings. The Bertz CT molecular complexity index is 831. The predicted octanol–water partition coefficient (Wildman–Crippen LogP) is 3.23. The molecule has 0 aliphatic carbocycles. The fraction of sp³-hybridized carbons (Fsp3) is 0.300. The van der Waals surface area contributed by atoms with Crippen molar-refractivity contribution in [2.24, 2.45) is 0 Å². The average Bonchev–Trinajstić information content (AvgIpc) is 2.70. The first-order valence-corrected chi connectivity index (χ1v) is 8.93. The van der Waals surface area contributed by atoms with Crippen LogP contribution in [0.15, 0.2) is 42.5 Å². The summed E-state index contributed by atoms with van der Waals surface area (Å²) < 4.78 is 10.5. The maximum atomic E-state index is 13.0. The van der Waals surface area contributed by atoms with Crippen molar-refractivity contribution in [2.75, 3.05) is 32.2 Å². The minimum Gasteiger partial charge on any atom is -0.497 e. The van der Waals surface area contributed by atoms with E-state index in [9.17, 15) is 9.59 Å². The number of hydrogen-bond acceptors (Lipinski definition) is 4. The van der Waals surface area contributed by atoms with Crippen LogP contribution in [-0.4, -0.2) is 50.1 Å². The average molecular weight is 389 g/mol. The molecule has 2 aromatic rings. The van der Waals surface area contributed by atoms with Crippen molar-refractivity contribution < 1.29 is 19.1 Å². The standard InChI is InChI=1S/C20H21ClN2O4/c1-13-19(24)23(16-6-4-15(21)5-7-16)9-8-22(13)20(25)14-10-17(26-2)12-18(11-14)27-3/h4-7,10-13H,8-9H2,1-3H3/t13-/m1/s1. The summed E-state index contributed by atoms with van der Waals surface area (Å²) in [6, 6.07) is 11.5. The third-order valence-electron chi connectivity index (χ3n) is 4.65. The van der Waals surface area contributed by atoms with Crippen LogP contribution in [0.2, 0.25) is 5.02 Å². The molecule has 0 saturated carbocycles. The second kappa shape index (κ2) is 7.88. The summed E-state index contributed by atoms with van der Waals surface area (Å²) in [5, 5.41) is 0.611. The minimum absolute atomic E-state index is 0.133. The van der Waals surface area contributed by atoms with Gasteiger partial charge in [-0.1, -0.05) is 11.6 Å². The molecule has 3 rings (SSSR count). The molecule has 1 heterocycles. The first-order valence-electron chi connectivity index (χ1n) is 8.55. The number of rotatable bonds is 4. The van der Waals surface area contributed by atoms with Crippen LogP contribution >= 0.6 is 11.6 Å². The zero-order valence-corrected chi connectivity index (χ0v) is 16.2. The van der Waals surface area contributed by atoms with Crippen molar-refractivity contribution in [3.05, 3.63) is 53.1 Å². The molecular formula is C20H21ClN2O4. The number of nitrogens with zero attached hydrogens (tertiary/aromatic N) is 2. The number of benzene rings is 2. The van der Waals surface area contributed by atoms with E-state index in [0.29, 0.717) is 35.2 Å². The van der Waals surface area contributed by atoms with E-state index in [2.05, 4.69) is 0 Å². The van der Waals surface area contributed by atoms with Gasteiger partial charge in [-0.05, 0) is 43.3 Å². The molecule has 1 aliphatic heterocycles. The van der Waals surface area contributed by atoms with E-state index in [0.717, 1.165) is 5.69 Å². The highest BCUT2D eigenvalue weighted by molar-refractivity contribution is 6.30. The first kappa shape index (κ1) is 19.0. The number of anilines is 1. The summed E-state index contributed by atoms with van der Waals surface area (Å²) in [4.78, 5) is 29.1. The number of ether oxygens (including phenoxy) is 2. The van der Waals surface area contributed by atoms with Gasteiger partial charge in [0.25, 0.3) is 5.91 Å². The number of hydrogen-bond donors (Lipinski definition) is 0. The highest BCUT2D eigenvalue weighted by Crippen LogP contribution is 2.26. The summed E-state index contributed by atoms with van der Waals surface area (Å²) in [6.45, 7) is 2.57. The Morgan fingerprint density at radius 2 is 1.63 bits per heavy atom. The molecule has 142 valence electrons. The number of carbonyl (C=O) groups excluding carboxylic acids is 2. The third-order valence-corrected chi connectivity index (χ3v) is 4.90. The van der Waals surface area contributed by atoms with Crippen molar-refractivity contribution in [1.82, 2.24) is 4.90 Å². The van der Waals surface area contributed by atoms with E-state index >= 15 is 0 Å². The topological polar surface area (TPSA) is 59.1 Å². The zero-order chi connectivity index (χ0) is 19.6. The van der Waals surface area contributed by atoms with Crippen LogP contribution in [0.5, 0.6) is 11.5 Å². The molecule has 27 heavy (non-hydrogen) atoms. The fourth-order valence-corrected chi connectivity index (χ4v) is 3.25. The quantitative estimate of drug-likeness (QED) is 0.806. The van der Waals surface area contributed by atoms with E-state index in [-0.39, 0.29) is 11.8 Å². The van der Waals surface area contributed by atoms with Gasteiger partial charge in [-0.3, -0.25) is 9.59 Å². The van der Waals surface area contributed by atoms with Crippen LogP contribution in [0.25, 0.3) is 0 Å². The molecule has 6 nitrogen and oxygen atoms in total. The molecule has 0 unspecified atom stereocenters. The SMILES string of the molecule is COc1cc(OC)cc(C(=O)N2CCN(c3ccc(Cl)cc3)C(=O)[C@H]2C)c1. The summed E-state index contributed by atoms with van der Waals surface area (Å²) in [5.74, 6) is 0.684. The van der Waals surface area contributed by atoms with Crippen molar-refractivity contribution in [1.29, 1.82) is 0 Å². The Morgan fingerprint density at radius 1 is 1.04 bits per heavy atom. The van der Waals surface area contributed by atoms with Gasteiger partial charge in [-0.15, -0.1) is 0 Å². The van der Waals surface area contributed by atoms with Gasteiger partial charge in [-0.2, -0.15) is 0 Å². The van der Waals surface area contributed by atoms with Crippen LogP contribution in [0, 0.1) is 0 Å². The molecule has 0 N–H and O–H groups in total. The van der Waals surface area contributed by atoms with Crippen LogP contribution in [0.3, 0.4) is 0 Å². The maximum Gasteiger partial charge on any atom is 0.254 e. The Morgan fingerprint density at radius 3 is 2.19 bits per heavy atom. The summed E-state index contributed by atoms with van der Waals surface area (Å²) in [5.41, 5.74) is 1.19. The van der Waals surface area contributed by atoms with Gasteiger partial charge in [0.2, 0.25) is 5.91 Å². The molecule has 1 fully saturated rings. The lowest BCUT2D eigenvalue weighted by molar-refractivity contribution is -0.124. The molecule has 7 heteroatoms. The molecule has 0 aromatic heterocycles. The normalized spacial score (nSPS) is 17.0. The van der Waals surface area contributed by atoms with Crippen LogP contribution in [0.1, 0.15) is 17.3 Å². The number of carbonyl (C=O) groups is 2. The van der Waals surface area contributed by atoms with Crippen molar-refractivity contribution >= 4 is 29.1 Å². The lowest BCUT2D eigenvalue weighted by atomic mass is 10.1. The first-order chi connectivity index (χ1) is 12.9. The van der Waals surface area contributed by atoms with Gasteiger partial charge in [-0.25, -0.2) is 0 Å². The Kier molecular flexibility index (Phi) is 5.56. The van der Waals surface area contributed by atoms with E-state index in [4.69, 9.17) is 21.1 Å². The molecule has 2 amide bonds. The van der Waals surface area contributed by atoms with Gasteiger partial charge in [0.05, 0.1) is 14.2 Å². The lowest BCUT2D eigenvalue weighted by Crippen LogP contribution is -2.57. The maximum absolute atomic E-state index is 13.0. The fourth-order valence-electron chi connectivity index (χ4n) is 3.12. The molecule has 0 bridgehead atoms. The van der Waals surface area contributed by atoms with Gasteiger partial charge >= 0.3 is 0 Å². The Balaban J connectivity index is 1.82. The largest absolute Gasteiger partial charge is 0.497 e. The molecule has 2 aromatic carbocycles. The van der Waals surface area contributed by atoms with Gasteiger partial charge in [0.15, 0.2) is 0 Å². The number of amides is 2. The Labute approximate surface area is 163 Å². The highest BCUT2D eigenvalue weighted by atomic mass is 35.5. The monoisotopic (exact) mass is 388 g/mol. The summed E-state index contributed by atoms with van der Waals surface area (Å²) in [6.07, 6.45) is 0. The van der Waals surface area contributed by atoms with Gasteiger partial charge < -0.3 is 19.3 Å². The number of halogens is 1. The van der Waals surface area contributed by atoms with E-state index in [1.54, 1.807) is 59.2 Å². The molecule has 0 spiro atoms. The predicted molar refractivity (Wildman–Crippen MR) is 104 cm³/mol. The molecule has 1 atom stereocenters. The van der Waals surface area contributed by atoms with Crippen molar-refractivity contribution in [3.63, 3.8) is 0 Å². The molecule has 0 radical (unpaired) electrons. The lowest BCUT2D eigenvalue weighted by Gasteiger charge is -2.39. The van der Waals surface area contributed by atoms with Gasteiger partial charge in [0.1, 0.15) is 17.5 Å². The van der Waals surface area contributed by atoms with Crippen LogP contribution < -0.4 is 14.4 Å². The second-order valence-electron chi connectivity index (χ2n) is 6.24. The smallest absolute Gasteiger partial charge is 0.254 e.